The molecule has 0 spiro atoms. The average Bonchev–Trinajstić information content (AvgIpc) is 3.27. The van der Waals surface area contributed by atoms with Gasteiger partial charge in [0, 0.05) is 40.3 Å². The molecule has 5 rings (SSSR count). The lowest BCUT2D eigenvalue weighted by Crippen LogP contribution is -2.36. The third-order valence-electron chi connectivity index (χ3n) is 6.90. The smallest absolute Gasteiger partial charge is 0.462 e. The molecule has 2 aromatic heterocycles. The van der Waals surface area contributed by atoms with E-state index in [0.29, 0.717) is 37.1 Å². The first-order chi connectivity index (χ1) is 18.2. The zero-order valence-electron chi connectivity index (χ0n) is 21.1. The van der Waals surface area contributed by atoms with E-state index in [1.54, 1.807) is 31.0 Å². The molecule has 12 heteroatoms. The number of methoxy groups -OCH3 is 1. The van der Waals surface area contributed by atoms with Crippen molar-refractivity contribution in [3.05, 3.63) is 66.0 Å². The minimum absolute atomic E-state index is 0.0784. The van der Waals surface area contributed by atoms with Crippen LogP contribution in [0.3, 0.4) is 0 Å². The quantitative estimate of drug-likeness (QED) is 0.381. The molecule has 2 unspecified atom stereocenters. The van der Waals surface area contributed by atoms with Gasteiger partial charge in [-0.25, -0.2) is 9.78 Å². The monoisotopic (exact) mass is 534 g/mol. The van der Waals surface area contributed by atoms with Crippen molar-refractivity contribution in [3.8, 4) is 11.6 Å². The van der Waals surface area contributed by atoms with Crippen molar-refractivity contribution < 1.29 is 36.6 Å². The number of hydrogen-bond donors (Lipinski definition) is 0. The number of imidazole rings is 1. The number of piperidine rings is 1. The van der Waals surface area contributed by atoms with Crippen LogP contribution in [0.1, 0.15) is 17.1 Å². The number of fused-ring (bicyclic) bond motifs is 1. The predicted octanol–water partition coefficient (Wildman–Crippen LogP) is 4.44. The Balaban J connectivity index is 1.22. The fraction of sp³-hybridized carbons (Fsp3) is 0.462. The van der Waals surface area contributed by atoms with Crippen molar-refractivity contribution in [2.45, 2.75) is 26.1 Å². The van der Waals surface area contributed by atoms with Crippen LogP contribution in [-0.4, -0.2) is 58.6 Å². The van der Waals surface area contributed by atoms with Crippen LogP contribution < -0.4 is 9.47 Å². The number of amides is 1. The number of nitrogens with zero attached hydrogens (tertiary/aromatic N) is 4. The maximum atomic E-state index is 13.1. The van der Waals surface area contributed by atoms with Gasteiger partial charge in [0.2, 0.25) is 5.88 Å². The number of alkyl halides is 3. The molecule has 0 radical (unpaired) electrons. The Hall–Kier alpha value is -3.51. The highest BCUT2D eigenvalue weighted by Gasteiger charge is 2.56. The molecule has 2 atom stereocenters. The van der Waals surface area contributed by atoms with E-state index in [2.05, 4.69) is 14.6 Å². The summed E-state index contributed by atoms with van der Waals surface area (Å²) in [6, 6.07) is 9.51. The molecular weight excluding hydrogens is 505 g/mol. The van der Waals surface area contributed by atoms with Gasteiger partial charge in [0.05, 0.1) is 19.1 Å². The van der Waals surface area contributed by atoms with E-state index in [0.717, 1.165) is 24.6 Å². The number of likely N-dealkylation sites (tertiary alicyclic amines) is 1. The summed E-state index contributed by atoms with van der Waals surface area (Å²) >= 11 is 0. The zero-order valence-corrected chi connectivity index (χ0v) is 21.1. The van der Waals surface area contributed by atoms with E-state index in [1.807, 2.05) is 12.1 Å². The van der Waals surface area contributed by atoms with E-state index in [4.69, 9.17) is 13.9 Å². The second kappa shape index (κ2) is 10.7. The lowest BCUT2D eigenvalue weighted by Gasteiger charge is -2.24. The largest absolute Gasteiger partial charge is 0.573 e. The van der Waals surface area contributed by atoms with E-state index < -0.39 is 12.5 Å². The number of carbonyl (C=O) groups excluding carboxylic acids is 1. The summed E-state index contributed by atoms with van der Waals surface area (Å²) in [5.41, 5.74) is 0.502. The topological polar surface area (TPSA) is 82.2 Å². The predicted molar refractivity (Wildman–Crippen MR) is 128 cm³/mol. The number of hydrogen-bond acceptors (Lipinski definition) is 7. The van der Waals surface area contributed by atoms with Gasteiger partial charge in [0.1, 0.15) is 23.9 Å². The van der Waals surface area contributed by atoms with Crippen LogP contribution in [0.4, 0.5) is 18.0 Å². The number of aromatic nitrogens is 2. The molecular formula is C26H29F3N4O5. The molecule has 1 aromatic carbocycles. The van der Waals surface area contributed by atoms with Gasteiger partial charge in [0.25, 0.3) is 0 Å². The van der Waals surface area contributed by atoms with Gasteiger partial charge in [-0.05, 0) is 47.6 Å². The Morgan fingerprint density at radius 3 is 2.63 bits per heavy atom. The van der Waals surface area contributed by atoms with Gasteiger partial charge < -0.3 is 28.1 Å². The van der Waals surface area contributed by atoms with Crippen LogP contribution >= 0.6 is 0 Å². The van der Waals surface area contributed by atoms with Crippen LogP contribution in [0, 0.1) is 17.8 Å². The van der Waals surface area contributed by atoms with E-state index in [-0.39, 0.29) is 24.1 Å². The number of benzene rings is 1. The molecule has 2 aliphatic rings. The van der Waals surface area contributed by atoms with Crippen molar-refractivity contribution in [3.63, 3.8) is 0 Å². The molecule has 1 aliphatic heterocycles. The average molecular weight is 535 g/mol. The van der Waals surface area contributed by atoms with Crippen LogP contribution in [0.5, 0.6) is 11.6 Å². The lowest BCUT2D eigenvalue weighted by atomic mass is 10.2. The fourth-order valence-corrected chi connectivity index (χ4v) is 5.20. The van der Waals surface area contributed by atoms with Gasteiger partial charge in [-0.2, -0.15) is 0 Å². The van der Waals surface area contributed by atoms with Crippen LogP contribution in [0.15, 0.2) is 53.3 Å². The van der Waals surface area contributed by atoms with Gasteiger partial charge in [-0.3, -0.25) is 4.90 Å². The number of ether oxygens (including phenoxy) is 3. The van der Waals surface area contributed by atoms with Crippen LogP contribution in [-0.2, 0) is 31.5 Å². The van der Waals surface area contributed by atoms with Crippen molar-refractivity contribution in [1.82, 2.24) is 19.4 Å². The first kappa shape index (κ1) is 26.1. The molecule has 1 amide bonds. The maximum Gasteiger partial charge on any atom is 0.573 e. The SMILES string of the molecule is COCc1ccc(CN2CC3C(C2)C3CN(Cc2cccc(OC(F)(F)F)c2)C(=O)Oc2cn(C)cn2)o1. The van der Waals surface area contributed by atoms with Gasteiger partial charge >= 0.3 is 12.5 Å². The van der Waals surface area contributed by atoms with Crippen LogP contribution in [0.25, 0.3) is 0 Å². The Bertz CT molecular complexity index is 1250. The molecule has 1 aliphatic carbocycles. The highest BCUT2D eigenvalue weighted by molar-refractivity contribution is 5.70. The summed E-state index contributed by atoms with van der Waals surface area (Å²) in [5, 5.41) is 0. The third kappa shape index (κ3) is 6.48. The summed E-state index contributed by atoms with van der Waals surface area (Å²) in [6.07, 6.45) is -2.31. The minimum atomic E-state index is -4.80. The summed E-state index contributed by atoms with van der Waals surface area (Å²) in [5.74, 6) is 2.62. The van der Waals surface area contributed by atoms with E-state index in [9.17, 15) is 18.0 Å². The molecule has 9 nitrogen and oxygen atoms in total. The highest BCUT2D eigenvalue weighted by Crippen LogP contribution is 2.52. The van der Waals surface area contributed by atoms with Crippen molar-refractivity contribution in [2.75, 3.05) is 26.7 Å². The maximum absolute atomic E-state index is 13.1. The summed E-state index contributed by atoms with van der Waals surface area (Å²) in [7, 11) is 3.38. The van der Waals surface area contributed by atoms with Crippen molar-refractivity contribution in [2.24, 2.45) is 24.8 Å². The zero-order chi connectivity index (χ0) is 26.9. The van der Waals surface area contributed by atoms with Crippen molar-refractivity contribution >= 4 is 6.09 Å². The molecule has 2 fully saturated rings. The fourth-order valence-electron chi connectivity index (χ4n) is 5.20. The molecule has 0 N–H and O–H groups in total. The molecule has 3 aromatic rings. The second-order valence-corrected chi connectivity index (χ2v) is 9.81. The Morgan fingerprint density at radius 2 is 1.95 bits per heavy atom. The first-order valence-electron chi connectivity index (χ1n) is 12.2. The number of carbonyl (C=O) groups is 1. The van der Waals surface area contributed by atoms with Gasteiger partial charge in [-0.15, -0.1) is 13.2 Å². The molecule has 1 saturated carbocycles. The minimum Gasteiger partial charge on any atom is -0.462 e. The number of aryl methyl sites for hydroxylation is 1. The van der Waals surface area contributed by atoms with E-state index in [1.165, 1.54) is 29.4 Å². The Labute approximate surface area is 217 Å². The van der Waals surface area contributed by atoms with Crippen LogP contribution in [0.2, 0.25) is 0 Å². The molecule has 204 valence electrons. The molecule has 38 heavy (non-hydrogen) atoms. The Morgan fingerprint density at radius 1 is 1.18 bits per heavy atom. The number of furan rings is 1. The standard InChI is InChI=1S/C26H29F3N4O5/c1-31-14-24(30-16-31)37-25(34)33(9-17-4-3-5-18(8-17)38-26(27,28)29)13-23-21-11-32(12-22(21)23)10-19-6-7-20(36-19)15-35-2/h3-8,14,16,21-23H,9-13,15H2,1-2H3. The van der Waals surface area contributed by atoms with Gasteiger partial charge in [0.15, 0.2) is 0 Å². The number of halogens is 3. The normalized spacial score (nSPS) is 20.8. The molecule has 0 bridgehead atoms. The lowest BCUT2D eigenvalue weighted by molar-refractivity contribution is -0.274. The summed E-state index contributed by atoms with van der Waals surface area (Å²) in [6.45, 7) is 3.41. The molecule has 1 saturated heterocycles. The highest BCUT2D eigenvalue weighted by atomic mass is 19.4. The second-order valence-electron chi connectivity index (χ2n) is 9.81. The molecule has 3 heterocycles. The van der Waals surface area contributed by atoms with Crippen molar-refractivity contribution in [1.29, 1.82) is 0 Å². The summed E-state index contributed by atoms with van der Waals surface area (Å²) < 4.78 is 60.1. The Kier molecular flexibility index (Phi) is 7.35. The number of rotatable bonds is 10. The third-order valence-corrected chi connectivity index (χ3v) is 6.90. The van der Waals surface area contributed by atoms with Gasteiger partial charge in [-0.1, -0.05) is 12.1 Å². The van der Waals surface area contributed by atoms with E-state index >= 15 is 0 Å². The summed E-state index contributed by atoms with van der Waals surface area (Å²) in [4.78, 5) is 21.0. The first-order valence-corrected chi connectivity index (χ1v) is 12.2.